The summed E-state index contributed by atoms with van der Waals surface area (Å²) in [4.78, 5) is 23.7. The number of imidazole rings is 1. The van der Waals surface area contributed by atoms with E-state index in [2.05, 4.69) is 25.6 Å². The lowest BCUT2D eigenvalue weighted by Crippen LogP contribution is -2.15. The SMILES string of the molecule is CCc1nc2ccc(CC(c3ccc(Cl)cc3)n3ccnc3)cc2[nH]c1=O. The second-order valence-electron chi connectivity index (χ2n) is 6.50. The van der Waals surface area contributed by atoms with Crippen LogP contribution in [0.1, 0.15) is 29.8 Å². The molecule has 0 spiro atoms. The molecule has 2 heterocycles. The number of hydrogen-bond donors (Lipinski definition) is 1. The highest BCUT2D eigenvalue weighted by molar-refractivity contribution is 6.30. The third-order valence-corrected chi connectivity index (χ3v) is 4.98. The first-order chi connectivity index (χ1) is 13.1. The van der Waals surface area contributed by atoms with Crippen molar-refractivity contribution in [2.24, 2.45) is 0 Å². The predicted octanol–water partition coefficient (Wildman–Crippen LogP) is 4.17. The summed E-state index contributed by atoms with van der Waals surface area (Å²) in [5.41, 5.74) is 4.26. The van der Waals surface area contributed by atoms with Gasteiger partial charge in [0, 0.05) is 17.4 Å². The Morgan fingerprint density at radius 1 is 1.19 bits per heavy atom. The Morgan fingerprint density at radius 2 is 2.00 bits per heavy atom. The first-order valence-corrected chi connectivity index (χ1v) is 9.26. The molecule has 6 heteroatoms. The number of benzene rings is 2. The fraction of sp³-hybridized carbons (Fsp3) is 0.190. The van der Waals surface area contributed by atoms with Crippen LogP contribution in [0, 0.1) is 0 Å². The molecule has 2 aromatic heterocycles. The van der Waals surface area contributed by atoms with Gasteiger partial charge in [-0.25, -0.2) is 9.97 Å². The molecule has 0 saturated heterocycles. The number of aromatic amines is 1. The van der Waals surface area contributed by atoms with Crippen LogP contribution in [0.4, 0.5) is 0 Å². The zero-order chi connectivity index (χ0) is 18.8. The van der Waals surface area contributed by atoms with Gasteiger partial charge in [-0.15, -0.1) is 0 Å². The maximum absolute atomic E-state index is 12.1. The van der Waals surface area contributed by atoms with Crippen molar-refractivity contribution >= 4 is 22.6 Å². The number of rotatable bonds is 5. The molecule has 27 heavy (non-hydrogen) atoms. The van der Waals surface area contributed by atoms with Crippen LogP contribution in [0.2, 0.25) is 5.02 Å². The van der Waals surface area contributed by atoms with Crippen molar-refractivity contribution in [2.45, 2.75) is 25.8 Å². The van der Waals surface area contributed by atoms with Crippen molar-refractivity contribution in [1.82, 2.24) is 19.5 Å². The highest BCUT2D eigenvalue weighted by Crippen LogP contribution is 2.25. The lowest BCUT2D eigenvalue weighted by atomic mass is 9.98. The molecule has 1 N–H and O–H groups in total. The third-order valence-electron chi connectivity index (χ3n) is 4.73. The van der Waals surface area contributed by atoms with E-state index in [1.54, 1.807) is 6.20 Å². The highest BCUT2D eigenvalue weighted by Gasteiger charge is 2.15. The van der Waals surface area contributed by atoms with Crippen LogP contribution in [0.3, 0.4) is 0 Å². The van der Waals surface area contributed by atoms with Gasteiger partial charge in [-0.05, 0) is 48.2 Å². The molecule has 0 aliphatic heterocycles. The maximum Gasteiger partial charge on any atom is 0.270 e. The quantitative estimate of drug-likeness (QED) is 0.567. The molecule has 0 amide bonds. The number of hydrogen-bond acceptors (Lipinski definition) is 3. The summed E-state index contributed by atoms with van der Waals surface area (Å²) in [6, 6.07) is 14.0. The van der Waals surface area contributed by atoms with Crippen LogP contribution in [0.15, 0.2) is 66.0 Å². The zero-order valence-electron chi connectivity index (χ0n) is 14.9. The van der Waals surface area contributed by atoms with Gasteiger partial charge in [0.15, 0.2) is 0 Å². The summed E-state index contributed by atoms with van der Waals surface area (Å²) >= 11 is 6.05. The Bertz CT molecular complexity index is 1120. The van der Waals surface area contributed by atoms with Crippen LogP contribution in [0.25, 0.3) is 11.0 Å². The summed E-state index contributed by atoms with van der Waals surface area (Å²) in [6.07, 6.45) is 6.92. The Labute approximate surface area is 161 Å². The van der Waals surface area contributed by atoms with Crippen molar-refractivity contribution in [1.29, 1.82) is 0 Å². The van der Waals surface area contributed by atoms with E-state index in [4.69, 9.17) is 11.6 Å². The molecule has 0 fully saturated rings. The van der Waals surface area contributed by atoms with Crippen molar-refractivity contribution in [2.75, 3.05) is 0 Å². The summed E-state index contributed by atoms with van der Waals surface area (Å²) in [6.45, 7) is 1.93. The average molecular weight is 379 g/mol. The maximum atomic E-state index is 12.1. The number of H-pyrrole nitrogens is 1. The Hall–Kier alpha value is -2.92. The van der Waals surface area contributed by atoms with E-state index in [0.717, 1.165) is 28.6 Å². The minimum Gasteiger partial charge on any atom is -0.330 e. The van der Waals surface area contributed by atoms with Crippen molar-refractivity contribution in [3.05, 3.63) is 93.4 Å². The fourth-order valence-corrected chi connectivity index (χ4v) is 3.42. The number of fused-ring (bicyclic) bond motifs is 1. The van der Waals surface area contributed by atoms with Gasteiger partial charge in [-0.1, -0.05) is 36.7 Å². The summed E-state index contributed by atoms with van der Waals surface area (Å²) < 4.78 is 2.08. The summed E-state index contributed by atoms with van der Waals surface area (Å²) in [7, 11) is 0. The van der Waals surface area contributed by atoms with Gasteiger partial charge in [0.25, 0.3) is 5.56 Å². The van der Waals surface area contributed by atoms with Crippen LogP contribution < -0.4 is 5.56 Å². The van der Waals surface area contributed by atoms with E-state index >= 15 is 0 Å². The summed E-state index contributed by atoms with van der Waals surface area (Å²) in [5.74, 6) is 0. The number of halogens is 1. The van der Waals surface area contributed by atoms with Crippen LogP contribution in [-0.2, 0) is 12.8 Å². The molecular formula is C21H19ClN4O. The molecule has 0 bridgehead atoms. The van der Waals surface area contributed by atoms with Crippen molar-refractivity contribution in [3.63, 3.8) is 0 Å². The van der Waals surface area contributed by atoms with E-state index in [1.807, 2.05) is 55.8 Å². The molecule has 4 aromatic rings. The van der Waals surface area contributed by atoms with E-state index in [9.17, 15) is 4.79 Å². The largest absolute Gasteiger partial charge is 0.330 e. The van der Waals surface area contributed by atoms with Gasteiger partial charge in [0.2, 0.25) is 0 Å². The normalized spacial score (nSPS) is 12.4. The number of aryl methyl sites for hydroxylation is 1. The van der Waals surface area contributed by atoms with Crippen LogP contribution >= 0.6 is 11.6 Å². The standard InChI is InChI=1S/C21H19ClN4O/c1-2-17-21(27)25-19-11-14(3-8-18(19)24-17)12-20(26-10-9-23-13-26)15-4-6-16(22)7-5-15/h3-11,13,20H,2,12H2,1H3,(H,25,27). The van der Waals surface area contributed by atoms with Gasteiger partial charge < -0.3 is 9.55 Å². The molecule has 4 rings (SSSR count). The van der Waals surface area contributed by atoms with Gasteiger partial charge in [0.05, 0.1) is 23.4 Å². The molecule has 1 atom stereocenters. The molecule has 5 nitrogen and oxygen atoms in total. The van der Waals surface area contributed by atoms with Gasteiger partial charge in [-0.3, -0.25) is 4.79 Å². The van der Waals surface area contributed by atoms with E-state index in [-0.39, 0.29) is 11.6 Å². The average Bonchev–Trinajstić information content (AvgIpc) is 3.21. The predicted molar refractivity (Wildman–Crippen MR) is 107 cm³/mol. The van der Waals surface area contributed by atoms with Gasteiger partial charge >= 0.3 is 0 Å². The smallest absolute Gasteiger partial charge is 0.270 e. The minimum absolute atomic E-state index is 0.0804. The molecule has 0 saturated carbocycles. The van der Waals surface area contributed by atoms with Crippen LogP contribution in [0.5, 0.6) is 0 Å². The molecule has 136 valence electrons. The molecule has 0 aliphatic carbocycles. The third kappa shape index (κ3) is 3.64. The lowest BCUT2D eigenvalue weighted by molar-refractivity contribution is 0.581. The molecule has 0 radical (unpaired) electrons. The second kappa shape index (κ2) is 7.37. The summed E-state index contributed by atoms with van der Waals surface area (Å²) in [5, 5.41) is 0.712. The molecule has 0 aliphatic rings. The Kier molecular flexibility index (Phi) is 4.77. The van der Waals surface area contributed by atoms with Crippen LogP contribution in [-0.4, -0.2) is 19.5 Å². The lowest BCUT2D eigenvalue weighted by Gasteiger charge is -2.19. The number of nitrogens with zero attached hydrogens (tertiary/aromatic N) is 3. The highest BCUT2D eigenvalue weighted by atomic mass is 35.5. The molecular weight excluding hydrogens is 360 g/mol. The number of nitrogens with one attached hydrogen (secondary N) is 1. The Morgan fingerprint density at radius 3 is 2.70 bits per heavy atom. The van der Waals surface area contributed by atoms with E-state index in [0.29, 0.717) is 17.1 Å². The minimum atomic E-state index is -0.119. The van der Waals surface area contributed by atoms with Gasteiger partial charge in [-0.2, -0.15) is 0 Å². The first-order valence-electron chi connectivity index (χ1n) is 8.89. The number of aromatic nitrogens is 4. The fourth-order valence-electron chi connectivity index (χ4n) is 3.30. The Balaban J connectivity index is 1.72. The first kappa shape index (κ1) is 17.5. The molecule has 1 unspecified atom stereocenters. The zero-order valence-corrected chi connectivity index (χ0v) is 15.6. The topological polar surface area (TPSA) is 63.6 Å². The monoisotopic (exact) mass is 378 g/mol. The van der Waals surface area contributed by atoms with Gasteiger partial charge in [0.1, 0.15) is 5.69 Å². The molecule has 2 aromatic carbocycles. The van der Waals surface area contributed by atoms with E-state index in [1.165, 1.54) is 0 Å². The second-order valence-corrected chi connectivity index (χ2v) is 6.94. The van der Waals surface area contributed by atoms with E-state index < -0.39 is 0 Å². The van der Waals surface area contributed by atoms with Crippen molar-refractivity contribution in [3.8, 4) is 0 Å². The van der Waals surface area contributed by atoms with Crippen molar-refractivity contribution < 1.29 is 0 Å².